The molecular weight excluding hydrogens is 224 g/mol. The fraction of sp³-hybridized carbons (Fsp3) is 0.438. The first-order valence-electron chi connectivity index (χ1n) is 6.55. The van der Waals surface area contributed by atoms with Crippen LogP contribution in [0.5, 0.6) is 0 Å². The predicted molar refractivity (Wildman–Crippen MR) is 75.3 cm³/mol. The molecule has 0 saturated carbocycles. The maximum atomic E-state index is 12.1. The Bertz CT molecular complexity index is 409. The molecule has 2 nitrogen and oxygen atoms in total. The smallest absolute Gasteiger partial charge is 0.184 e. The molecule has 0 radical (unpaired) electrons. The Morgan fingerprint density at radius 1 is 1.44 bits per heavy atom. The first-order valence-corrected chi connectivity index (χ1v) is 6.55. The summed E-state index contributed by atoms with van der Waals surface area (Å²) in [6, 6.07) is 0. The van der Waals surface area contributed by atoms with Gasteiger partial charge in [0.05, 0.1) is 6.61 Å². The highest BCUT2D eigenvalue weighted by Crippen LogP contribution is 2.19. The lowest BCUT2D eigenvalue weighted by Crippen LogP contribution is -2.04. The van der Waals surface area contributed by atoms with Gasteiger partial charge in [0.1, 0.15) is 0 Å². The van der Waals surface area contributed by atoms with Crippen LogP contribution in [0.2, 0.25) is 0 Å². The van der Waals surface area contributed by atoms with Crippen molar-refractivity contribution in [1.29, 1.82) is 0 Å². The van der Waals surface area contributed by atoms with Crippen molar-refractivity contribution in [1.82, 2.24) is 0 Å². The highest BCUT2D eigenvalue weighted by Gasteiger charge is 2.13. The highest BCUT2D eigenvalue weighted by molar-refractivity contribution is 6.08. The van der Waals surface area contributed by atoms with E-state index >= 15 is 0 Å². The molecule has 1 N–H and O–H groups in total. The standard InChI is InChI=1S/C16H22O2/c1-3-14(10-6-7-13(2)11-12-17)16(18)15-8-4-5-9-15/h4-5,8,10-11,17H,3,6-7,9,12H2,1-2H3/b13-11+,14-10?. The molecule has 2 heteroatoms. The minimum atomic E-state index is 0.0909. The summed E-state index contributed by atoms with van der Waals surface area (Å²) in [4.78, 5) is 12.1. The number of hydrogen-bond donors (Lipinski definition) is 1. The zero-order chi connectivity index (χ0) is 13.4. The average Bonchev–Trinajstić information content (AvgIpc) is 2.88. The molecular formula is C16H22O2. The first kappa shape index (κ1) is 14.7. The second-order valence-corrected chi connectivity index (χ2v) is 4.51. The second kappa shape index (κ2) is 7.83. The molecule has 0 spiro atoms. The summed E-state index contributed by atoms with van der Waals surface area (Å²) in [5.74, 6) is 0.186. The predicted octanol–water partition coefficient (Wildman–Crippen LogP) is 3.50. The maximum Gasteiger partial charge on any atom is 0.184 e. The van der Waals surface area contributed by atoms with Crippen LogP contribution in [0.25, 0.3) is 0 Å². The average molecular weight is 246 g/mol. The number of Topliss-reactive ketones (excluding diaryl/α,β-unsaturated/α-hetero) is 1. The van der Waals surface area contributed by atoms with Crippen molar-refractivity contribution < 1.29 is 9.90 Å². The van der Waals surface area contributed by atoms with E-state index in [1.54, 1.807) is 0 Å². The Kier molecular flexibility index (Phi) is 6.37. The molecule has 0 aromatic heterocycles. The van der Waals surface area contributed by atoms with E-state index in [4.69, 9.17) is 5.11 Å². The summed E-state index contributed by atoms with van der Waals surface area (Å²) >= 11 is 0. The van der Waals surface area contributed by atoms with Gasteiger partial charge < -0.3 is 5.11 Å². The number of aliphatic hydroxyl groups excluding tert-OH is 1. The lowest BCUT2D eigenvalue weighted by molar-refractivity contribution is -0.112. The minimum absolute atomic E-state index is 0.0909. The van der Waals surface area contributed by atoms with Crippen LogP contribution in [-0.2, 0) is 4.79 Å². The van der Waals surface area contributed by atoms with Crippen LogP contribution in [0, 0.1) is 0 Å². The van der Waals surface area contributed by atoms with Crippen molar-refractivity contribution in [3.8, 4) is 0 Å². The molecule has 1 aliphatic carbocycles. The fourth-order valence-electron chi connectivity index (χ4n) is 1.95. The summed E-state index contributed by atoms with van der Waals surface area (Å²) < 4.78 is 0. The van der Waals surface area contributed by atoms with E-state index in [1.165, 1.54) is 5.57 Å². The van der Waals surface area contributed by atoms with E-state index in [2.05, 4.69) is 0 Å². The Morgan fingerprint density at radius 2 is 2.22 bits per heavy atom. The Labute approximate surface area is 109 Å². The number of carbonyl (C=O) groups excluding carboxylic acids is 1. The van der Waals surface area contributed by atoms with E-state index < -0.39 is 0 Å². The Balaban J connectivity index is 2.55. The van der Waals surface area contributed by atoms with Gasteiger partial charge in [-0.1, -0.05) is 42.9 Å². The molecule has 0 amide bonds. The summed E-state index contributed by atoms with van der Waals surface area (Å²) in [5.41, 5.74) is 2.96. The molecule has 0 aliphatic heterocycles. The molecule has 0 fully saturated rings. The van der Waals surface area contributed by atoms with Crippen molar-refractivity contribution in [2.45, 2.75) is 39.5 Å². The third kappa shape index (κ3) is 4.46. The minimum Gasteiger partial charge on any atom is -0.392 e. The first-order chi connectivity index (χ1) is 8.69. The normalized spacial score (nSPS) is 16.1. The zero-order valence-electron chi connectivity index (χ0n) is 11.3. The third-order valence-corrected chi connectivity index (χ3v) is 3.10. The van der Waals surface area contributed by atoms with Crippen molar-refractivity contribution in [3.05, 3.63) is 47.1 Å². The SMILES string of the molecule is CCC(=CCC/C(C)=C/CO)C(=O)C1=CC=CC1. The van der Waals surface area contributed by atoms with Gasteiger partial charge in [-0.05, 0) is 38.2 Å². The third-order valence-electron chi connectivity index (χ3n) is 3.10. The van der Waals surface area contributed by atoms with Gasteiger partial charge in [-0.25, -0.2) is 0 Å². The summed E-state index contributed by atoms with van der Waals surface area (Å²) in [6.45, 7) is 4.11. The van der Waals surface area contributed by atoms with E-state index in [-0.39, 0.29) is 12.4 Å². The Morgan fingerprint density at radius 3 is 2.78 bits per heavy atom. The van der Waals surface area contributed by atoms with Gasteiger partial charge in [0.2, 0.25) is 0 Å². The topological polar surface area (TPSA) is 37.3 Å². The second-order valence-electron chi connectivity index (χ2n) is 4.51. The molecule has 0 aromatic carbocycles. The van der Waals surface area contributed by atoms with Gasteiger partial charge in [-0.15, -0.1) is 0 Å². The van der Waals surface area contributed by atoms with Crippen LogP contribution in [0.4, 0.5) is 0 Å². The van der Waals surface area contributed by atoms with Crippen LogP contribution >= 0.6 is 0 Å². The van der Waals surface area contributed by atoms with Crippen LogP contribution in [0.15, 0.2) is 47.1 Å². The number of carbonyl (C=O) groups is 1. The molecule has 0 aromatic rings. The number of ketones is 1. The van der Waals surface area contributed by atoms with Crippen LogP contribution in [0.1, 0.15) is 39.5 Å². The van der Waals surface area contributed by atoms with Gasteiger partial charge >= 0.3 is 0 Å². The van der Waals surface area contributed by atoms with E-state index in [0.29, 0.717) is 0 Å². The molecule has 18 heavy (non-hydrogen) atoms. The number of aliphatic hydroxyl groups is 1. The van der Waals surface area contributed by atoms with Crippen LogP contribution in [0.3, 0.4) is 0 Å². The number of hydrogen-bond acceptors (Lipinski definition) is 2. The molecule has 98 valence electrons. The molecule has 0 saturated heterocycles. The molecule has 1 aliphatic rings. The Hall–Kier alpha value is -1.41. The van der Waals surface area contributed by atoms with Crippen LogP contribution in [-0.4, -0.2) is 17.5 Å². The summed E-state index contributed by atoms with van der Waals surface area (Å²) in [5, 5.41) is 8.76. The summed E-state index contributed by atoms with van der Waals surface area (Å²) in [6.07, 6.45) is 13.0. The quantitative estimate of drug-likeness (QED) is 0.551. The zero-order valence-corrected chi connectivity index (χ0v) is 11.3. The molecule has 1 rings (SSSR count). The van der Waals surface area contributed by atoms with Crippen LogP contribution < -0.4 is 0 Å². The molecule has 0 bridgehead atoms. The van der Waals surface area contributed by atoms with Gasteiger partial charge in [0.25, 0.3) is 0 Å². The van der Waals surface area contributed by atoms with Crippen molar-refractivity contribution in [2.75, 3.05) is 6.61 Å². The lowest BCUT2D eigenvalue weighted by Gasteiger charge is -2.05. The molecule has 0 atom stereocenters. The fourth-order valence-corrected chi connectivity index (χ4v) is 1.95. The summed E-state index contributed by atoms with van der Waals surface area (Å²) in [7, 11) is 0. The van der Waals surface area contributed by atoms with Crippen molar-refractivity contribution >= 4 is 5.78 Å². The number of rotatable bonds is 7. The van der Waals surface area contributed by atoms with Gasteiger partial charge in [-0.2, -0.15) is 0 Å². The maximum absolute atomic E-state index is 12.1. The molecule has 0 unspecified atom stereocenters. The van der Waals surface area contributed by atoms with E-state index in [0.717, 1.165) is 36.8 Å². The van der Waals surface area contributed by atoms with Crippen molar-refractivity contribution in [3.63, 3.8) is 0 Å². The van der Waals surface area contributed by atoms with E-state index in [1.807, 2.05) is 44.2 Å². The lowest BCUT2D eigenvalue weighted by atomic mass is 9.98. The largest absolute Gasteiger partial charge is 0.392 e. The van der Waals surface area contributed by atoms with E-state index in [9.17, 15) is 4.79 Å². The van der Waals surface area contributed by atoms with Gasteiger partial charge in [-0.3, -0.25) is 4.79 Å². The van der Waals surface area contributed by atoms with Crippen molar-refractivity contribution in [2.24, 2.45) is 0 Å². The van der Waals surface area contributed by atoms with Gasteiger partial charge in [0, 0.05) is 5.57 Å². The highest BCUT2D eigenvalue weighted by atomic mass is 16.2. The molecule has 0 heterocycles. The monoisotopic (exact) mass is 246 g/mol. The number of allylic oxidation sites excluding steroid dienone is 7. The van der Waals surface area contributed by atoms with Gasteiger partial charge in [0.15, 0.2) is 5.78 Å².